The predicted octanol–water partition coefficient (Wildman–Crippen LogP) is 1.23. The molecule has 0 aliphatic carbocycles. The number of rotatable bonds is 4. The maximum absolute atomic E-state index is 4.14. The van der Waals surface area contributed by atoms with Gasteiger partial charge in [-0.3, -0.25) is 0 Å². The molecule has 1 aliphatic heterocycles. The molecule has 1 saturated heterocycles. The fraction of sp³-hybridized carbons (Fsp3) is 0.533. The van der Waals surface area contributed by atoms with Gasteiger partial charge < -0.3 is 10.2 Å². The molecule has 0 bridgehead atoms. The predicted molar refractivity (Wildman–Crippen MR) is 81.1 cm³/mol. The summed E-state index contributed by atoms with van der Waals surface area (Å²) in [7, 11) is 2.19. The summed E-state index contributed by atoms with van der Waals surface area (Å²) in [6.07, 6.45) is 2.34. The molecule has 0 saturated carbocycles. The van der Waals surface area contributed by atoms with Gasteiger partial charge in [0, 0.05) is 12.1 Å². The van der Waals surface area contributed by atoms with Crippen LogP contribution in [0.4, 0.5) is 0 Å². The minimum Gasteiger partial charge on any atom is -0.307 e. The van der Waals surface area contributed by atoms with Crippen LogP contribution >= 0.6 is 0 Å². The number of para-hydroxylation sites is 1. The Hall–Kier alpha value is -1.79. The molecule has 1 N–H and O–H groups in total. The minimum absolute atomic E-state index is 0.539. The van der Waals surface area contributed by atoms with Crippen LogP contribution < -0.4 is 5.32 Å². The fourth-order valence-corrected chi connectivity index (χ4v) is 2.80. The van der Waals surface area contributed by atoms with E-state index in [4.69, 9.17) is 0 Å². The summed E-state index contributed by atoms with van der Waals surface area (Å²) in [5.41, 5.74) is 0.996. The molecule has 0 amide bonds. The summed E-state index contributed by atoms with van der Waals surface area (Å²) in [5.74, 6) is 0.854. The molecule has 1 aromatic carbocycles. The number of nitrogens with one attached hydrogen (secondary N) is 1. The van der Waals surface area contributed by atoms with E-state index in [0.29, 0.717) is 18.6 Å². The molecule has 1 fully saturated rings. The molecule has 2 aromatic rings. The van der Waals surface area contributed by atoms with Crippen molar-refractivity contribution in [3.05, 3.63) is 36.2 Å². The number of hydrogen-bond donors (Lipinski definition) is 1. The molecule has 2 unspecified atom stereocenters. The Labute approximate surface area is 125 Å². The van der Waals surface area contributed by atoms with Gasteiger partial charge >= 0.3 is 0 Å². The zero-order valence-electron chi connectivity index (χ0n) is 12.6. The molecule has 6 heteroatoms. The van der Waals surface area contributed by atoms with Crippen LogP contribution in [0.25, 0.3) is 5.69 Å². The molecule has 0 radical (unpaired) electrons. The van der Waals surface area contributed by atoms with Crippen LogP contribution in [0.1, 0.15) is 25.6 Å². The van der Waals surface area contributed by atoms with E-state index >= 15 is 0 Å². The Bertz CT molecular complexity index is 567. The van der Waals surface area contributed by atoms with Crippen molar-refractivity contribution in [1.82, 2.24) is 30.4 Å². The van der Waals surface area contributed by atoms with E-state index in [0.717, 1.165) is 18.1 Å². The van der Waals surface area contributed by atoms with Gasteiger partial charge in [-0.15, -0.1) is 5.10 Å². The van der Waals surface area contributed by atoms with Crippen molar-refractivity contribution in [2.24, 2.45) is 0 Å². The molecule has 2 atom stereocenters. The Morgan fingerprint density at radius 1 is 1.29 bits per heavy atom. The third kappa shape index (κ3) is 3.28. The van der Waals surface area contributed by atoms with E-state index in [9.17, 15) is 0 Å². The quantitative estimate of drug-likeness (QED) is 0.916. The first kappa shape index (κ1) is 14.2. The van der Waals surface area contributed by atoms with Gasteiger partial charge in [0.2, 0.25) is 0 Å². The summed E-state index contributed by atoms with van der Waals surface area (Å²) < 4.78 is 1.80. The lowest BCUT2D eigenvalue weighted by Crippen LogP contribution is -2.45. The fourth-order valence-electron chi connectivity index (χ4n) is 2.80. The topological polar surface area (TPSA) is 58.9 Å². The lowest BCUT2D eigenvalue weighted by molar-refractivity contribution is 0.167. The highest BCUT2D eigenvalue weighted by molar-refractivity contribution is 5.30. The zero-order chi connectivity index (χ0) is 14.7. The Balaban J connectivity index is 1.63. The first-order valence-corrected chi connectivity index (χ1v) is 7.50. The molecule has 112 valence electrons. The first-order chi connectivity index (χ1) is 10.2. The highest BCUT2D eigenvalue weighted by atomic mass is 15.5. The molecule has 1 aliphatic rings. The number of likely N-dealkylation sites (tertiary alicyclic amines) is 1. The SMILES string of the molecule is CC1CC(NCc2nnnn2-c2ccccc2)CCN1C. The second-order valence-electron chi connectivity index (χ2n) is 5.77. The molecule has 1 aromatic heterocycles. The summed E-state index contributed by atoms with van der Waals surface area (Å²) in [6.45, 7) is 4.12. The van der Waals surface area contributed by atoms with Gasteiger partial charge in [0.1, 0.15) is 0 Å². The maximum atomic E-state index is 4.14. The molecule has 6 nitrogen and oxygen atoms in total. The van der Waals surface area contributed by atoms with E-state index in [2.05, 4.69) is 39.7 Å². The maximum Gasteiger partial charge on any atom is 0.170 e. The van der Waals surface area contributed by atoms with Crippen molar-refractivity contribution in [2.45, 2.75) is 38.4 Å². The third-order valence-corrected chi connectivity index (χ3v) is 4.29. The highest BCUT2D eigenvalue weighted by Gasteiger charge is 2.22. The van der Waals surface area contributed by atoms with Crippen molar-refractivity contribution >= 4 is 0 Å². The Morgan fingerprint density at radius 2 is 2.10 bits per heavy atom. The lowest BCUT2D eigenvalue weighted by Gasteiger charge is -2.35. The molecule has 0 spiro atoms. The van der Waals surface area contributed by atoms with Crippen molar-refractivity contribution in [3.8, 4) is 5.69 Å². The van der Waals surface area contributed by atoms with Crippen molar-refractivity contribution in [3.63, 3.8) is 0 Å². The molecule has 21 heavy (non-hydrogen) atoms. The van der Waals surface area contributed by atoms with Gasteiger partial charge in [-0.25, -0.2) is 0 Å². The van der Waals surface area contributed by atoms with Crippen molar-refractivity contribution in [2.75, 3.05) is 13.6 Å². The second kappa shape index (κ2) is 6.32. The number of benzene rings is 1. The van der Waals surface area contributed by atoms with E-state index in [1.165, 1.54) is 12.8 Å². The number of tetrazole rings is 1. The Morgan fingerprint density at radius 3 is 2.86 bits per heavy atom. The van der Waals surface area contributed by atoms with E-state index in [1.54, 1.807) is 4.68 Å². The number of piperidine rings is 1. The number of aromatic nitrogens is 4. The summed E-state index contributed by atoms with van der Waals surface area (Å²) in [4.78, 5) is 2.41. The summed E-state index contributed by atoms with van der Waals surface area (Å²) >= 11 is 0. The van der Waals surface area contributed by atoms with Crippen LogP contribution in [0.15, 0.2) is 30.3 Å². The highest BCUT2D eigenvalue weighted by Crippen LogP contribution is 2.16. The number of nitrogens with zero attached hydrogens (tertiary/aromatic N) is 5. The van der Waals surface area contributed by atoms with Crippen molar-refractivity contribution in [1.29, 1.82) is 0 Å². The van der Waals surface area contributed by atoms with E-state index < -0.39 is 0 Å². The number of hydrogen-bond acceptors (Lipinski definition) is 5. The second-order valence-corrected chi connectivity index (χ2v) is 5.77. The smallest absolute Gasteiger partial charge is 0.170 e. The van der Waals surface area contributed by atoms with Crippen LogP contribution in [0.2, 0.25) is 0 Å². The van der Waals surface area contributed by atoms with Crippen molar-refractivity contribution < 1.29 is 0 Å². The Kier molecular flexibility index (Phi) is 4.26. The van der Waals surface area contributed by atoms with Crippen LogP contribution in [0.3, 0.4) is 0 Å². The van der Waals surface area contributed by atoms with Gasteiger partial charge in [0.25, 0.3) is 0 Å². The molecule has 2 heterocycles. The van der Waals surface area contributed by atoms with Gasteiger partial charge in [-0.1, -0.05) is 18.2 Å². The van der Waals surface area contributed by atoms with Gasteiger partial charge in [0.15, 0.2) is 5.82 Å². The van der Waals surface area contributed by atoms with Gasteiger partial charge in [0.05, 0.1) is 12.2 Å². The first-order valence-electron chi connectivity index (χ1n) is 7.50. The zero-order valence-corrected chi connectivity index (χ0v) is 12.6. The van der Waals surface area contributed by atoms with Crippen LogP contribution in [-0.2, 0) is 6.54 Å². The summed E-state index contributed by atoms with van der Waals surface area (Å²) in [6, 6.07) is 11.2. The third-order valence-electron chi connectivity index (χ3n) is 4.29. The molecular formula is C15H22N6. The lowest BCUT2D eigenvalue weighted by atomic mass is 9.99. The van der Waals surface area contributed by atoms with E-state index in [-0.39, 0.29) is 0 Å². The van der Waals surface area contributed by atoms with Crippen LogP contribution in [0.5, 0.6) is 0 Å². The van der Waals surface area contributed by atoms with Crippen LogP contribution in [-0.4, -0.2) is 50.8 Å². The standard InChI is InChI=1S/C15H22N6/c1-12-10-13(8-9-20(12)2)16-11-15-17-18-19-21(15)14-6-4-3-5-7-14/h3-7,12-13,16H,8-11H2,1-2H3. The van der Waals surface area contributed by atoms with Gasteiger partial charge in [-0.2, -0.15) is 4.68 Å². The van der Waals surface area contributed by atoms with Gasteiger partial charge in [-0.05, 0) is 55.9 Å². The monoisotopic (exact) mass is 286 g/mol. The summed E-state index contributed by atoms with van der Waals surface area (Å²) in [5, 5.41) is 15.6. The molecular weight excluding hydrogens is 264 g/mol. The van der Waals surface area contributed by atoms with E-state index in [1.807, 2.05) is 30.3 Å². The molecule has 3 rings (SSSR count). The average Bonchev–Trinajstić information content (AvgIpc) is 2.98. The normalized spacial score (nSPS) is 23.3. The minimum atomic E-state index is 0.539. The largest absolute Gasteiger partial charge is 0.307 e. The average molecular weight is 286 g/mol. The van der Waals surface area contributed by atoms with Crippen LogP contribution in [0, 0.1) is 0 Å².